The molecule has 1 nitrogen and oxygen atoms in total. The first-order valence-electron chi connectivity index (χ1n) is 4.76. The predicted octanol–water partition coefficient (Wildman–Crippen LogP) is 2.72. The second-order valence-corrected chi connectivity index (χ2v) is 4.47. The second kappa shape index (κ2) is 3.21. The molecule has 1 aromatic carbocycles. The first kappa shape index (κ1) is 9.94. The molecule has 1 aromatic rings. The first-order chi connectivity index (χ1) is 6.62. The second-order valence-electron chi connectivity index (χ2n) is 4.07. The Bertz CT molecular complexity index is 362. The standard InChI is InChI=1S/C11H13ClFN/c1-7-5-11(7,6-14)8-3-2-4-9(12)10(8)13/h2-4,7H,5-6,14H2,1H3. The van der Waals surface area contributed by atoms with Crippen molar-refractivity contribution in [2.24, 2.45) is 11.7 Å². The van der Waals surface area contributed by atoms with Crippen LogP contribution in [0, 0.1) is 11.7 Å². The van der Waals surface area contributed by atoms with Gasteiger partial charge in [-0.1, -0.05) is 30.7 Å². The van der Waals surface area contributed by atoms with Crippen LogP contribution < -0.4 is 5.73 Å². The number of nitrogens with two attached hydrogens (primary N) is 1. The lowest BCUT2D eigenvalue weighted by Crippen LogP contribution is -2.23. The average Bonchev–Trinajstić information content (AvgIpc) is 2.83. The van der Waals surface area contributed by atoms with Gasteiger partial charge < -0.3 is 5.73 Å². The molecular formula is C11H13ClFN. The van der Waals surface area contributed by atoms with E-state index >= 15 is 0 Å². The lowest BCUT2D eigenvalue weighted by molar-refractivity contribution is 0.554. The third-order valence-electron chi connectivity index (χ3n) is 3.31. The van der Waals surface area contributed by atoms with Crippen LogP contribution in [0.1, 0.15) is 18.9 Å². The van der Waals surface area contributed by atoms with Crippen LogP contribution in [-0.4, -0.2) is 6.54 Å². The highest BCUT2D eigenvalue weighted by molar-refractivity contribution is 6.30. The fourth-order valence-corrected chi connectivity index (χ4v) is 2.32. The summed E-state index contributed by atoms with van der Waals surface area (Å²) in [7, 11) is 0. The molecule has 14 heavy (non-hydrogen) atoms. The Balaban J connectivity index is 2.47. The molecule has 0 radical (unpaired) electrons. The van der Waals surface area contributed by atoms with Crippen molar-refractivity contribution < 1.29 is 4.39 Å². The van der Waals surface area contributed by atoms with E-state index in [1.807, 2.05) is 0 Å². The molecule has 2 atom stereocenters. The van der Waals surface area contributed by atoms with Gasteiger partial charge >= 0.3 is 0 Å². The molecule has 1 fully saturated rings. The maximum Gasteiger partial charge on any atom is 0.145 e. The molecule has 2 unspecified atom stereocenters. The van der Waals surface area contributed by atoms with Gasteiger partial charge in [-0.25, -0.2) is 4.39 Å². The van der Waals surface area contributed by atoms with Gasteiger partial charge in [0.2, 0.25) is 0 Å². The maximum atomic E-state index is 13.7. The number of hydrogen-bond donors (Lipinski definition) is 1. The normalized spacial score (nSPS) is 30.4. The largest absolute Gasteiger partial charge is 0.330 e. The molecule has 2 rings (SSSR count). The summed E-state index contributed by atoms with van der Waals surface area (Å²) in [6.45, 7) is 2.58. The van der Waals surface area contributed by atoms with Crippen LogP contribution in [0.3, 0.4) is 0 Å². The van der Waals surface area contributed by atoms with Crippen molar-refractivity contribution in [1.82, 2.24) is 0 Å². The summed E-state index contributed by atoms with van der Waals surface area (Å²) in [6.07, 6.45) is 0.959. The minimum atomic E-state index is -0.302. The molecule has 0 saturated heterocycles. The fourth-order valence-electron chi connectivity index (χ4n) is 2.15. The van der Waals surface area contributed by atoms with Crippen LogP contribution in [0.4, 0.5) is 4.39 Å². The molecule has 0 aromatic heterocycles. The van der Waals surface area contributed by atoms with Gasteiger partial charge in [0.25, 0.3) is 0 Å². The Kier molecular flexibility index (Phi) is 2.28. The quantitative estimate of drug-likeness (QED) is 0.803. The van der Waals surface area contributed by atoms with Crippen molar-refractivity contribution >= 4 is 11.6 Å². The minimum absolute atomic E-state index is 0.158. The molecule has 3 heteroatoms. The predicted molar refractivity (Wildman–Crippen MR) is 55.9 cm³/mol. The molecule has 1 aliphatic rings. The van der Waals surface area contributed by atoms with Crippen LogP contribution >= 0.6 is 11.6 Å². The number of benzene rings is 1. The van der Waals surface area contributed by atoms with E-state index in [1.165, 1.54) is 0 Å². The van der Waals surface area contributed by atoms with E-state index in [0.29, 0.717) is 18.0 Å². The van der Waals surface area contributed by atoms with Gasteiger partial charge in [-0.2, -0.15) is 0 Å². The summed E-state index contributed by atoms with van der Waals surface area (Å²) < 4.78 is 13.7. The summed E-state index contributed by atoms with van der Waals surface area (Å²) >= 11 is 5.74. The van der Waals surface area contributed by atoms with E-state index in [-0.39, 0.29) is 16.3 Å². The Labute approximate surface area is 88.1 Å². The van der Waals surface area contributed by atoms with Gasteiger partial charge in [0.05, 0.1) is 5.02 Å². The van der Waals surface area contributed by atoms with E-state index in [9.17, 15) is 4.39 Å². The molecule has 1 aliphatic carbocycles. The van der Waals surface area contributed by atoms with Crippen LogP contribution in [0.2, 0.25) is 5.02 Å². The monoisotopic (exact) mass is 213 g/mol. The van der Waals surface area contributed by atoms with Gasteiger partial charge in [0, 0.05) is 12.0 Å². The van der Waals surface area contributed by atoms with E-state index in [0.717, 1.165) is 6.42 Å². The van der Waals surface area contributed by atoms with Crippen LogP contribution in [0.15, 0.2) is 18.2 Å². The molecule has 0 aliphatic heterocycles. The van der Waals surface area contributed by atoms with Gasteiger partial charge in [0.15, 0.2) is 0 Å². The molecule has 0 bridgehead atoms. The van der Waals surface area contributed by atoms with Crippen LogP contribution in [0.25, 0.3) is 0 Å². The van der Waals surface area contributed by atoms with Crippen LogP contribution in [0.5, 0.6) is 0 Å². The fraction of sp³-hybridized carbons (Fsp3) is 0.455. The SMILES string of the molecule is CC1CC1(CN)c1cccc(Cl)c1F. The van der Waals surface area contributed by atoms with Crippen molar-refractivity contribution in [3.63, 3.8) is 0 Å². The van der Waals surface area contributed by atoms with E-state index in [4.69, 9.17) is 17.3 Å². The molecule has 2 N–H and O–H groups in total. The zero-order valence-corrected chi connectivity index (χ0v) is 8.81. The zero-order chi connectivity index (χ0) is 10.3. The topological polar surface area (TPSA) is 26.0 Å². The zero-order valence-electron chi connectivity index (χ0n) is 8.06. The average molecular weight is 214 g/mol. The Morgan fingerprint density at radius 1 is 1.64 bits per heavy atom. The summed E-state index contributed by atoms with van der Waals surface area (Å²) in [5.41, 5.74) is 6.22. The Morgan fingerprint density at radius 2 is 2.29 bits per heavy atom. The minimum Gasteiger partial charge on any atom is -0.330 e. The van der Waals surface area contributed by atoms with Crippen molar-refractivity contribution in [2.45, 2.75) is 18.8 Å². The summed E-state index contributed by atoms with van der Waals surface area (Å²) in [4.78, 5) is 0. The molecule has 76 valence electrons. The molecule has 0 spiro atoms. The highest BCUT2D eigenvalue weighted by Crippen LogP contribution is 2.54. The van der Waals surface area contributed by atoms with Crippen molar-refractivity contribution in [3.8, 4) is 0 Å². The number of hydrogen-bond acceptors (Lipinski definition) is 1. The molecule has 1 saturated carbocycles. The Hall–Kier alpha value is -0.600. The van der Waals surface area contributed by atoms with E-state index in [1.54, 1.807) is 18.2 Å². The molecule has 0 heterocycles. The van der Waals surface area contributed by atoms with Crippen molar-refractivity contribution in [2.75, 3.05) is 6.54 Å². The lowest BCUT2D eigenvalue weighted by atomic mass is 9.93. The van der Waals surface area contributed by atoms with Gasteiger partial charge in [-0.3, -0.25) is 0 Å². The van der Waals surface area contributed by atoms with E-state index < -0.39 is 0 Å². The van der Waals surface area contributed by atoms with E-state index in [2.05, 4.69) is 6.92 Å². The number of rotatable bonds is 2. The Morgan fingerprint density at radius 3 is 2.79 bits per heavy atom. The highest BCUT2D eigenvalue weighted by atomic mass is 35.5. The van der Waals surface area contributed by atoms with Gasteiger partial charge in [-0.15, -0.1) is 0 Å². The summed E-state index contributed by atoms with van der Waals surface area (Å²) in [5.74, 6) is 0.157. The maximum absolute atomic E-state index is 13.7. The number of halogens is 2. The van der Waals surface area contributed by atoms with Gasteiger partial charge in [-0.05, 0) is 24.0 Å². The first-order valence-corrected chi connectivity index (χ1v) is 5.14. The molecular weight excluding hydrogens is 201 g/mol. The lowest BCUT2D eigenvalue weighted by Gasteiger charge is -2.15. The summed E-state index contributed by atoms with van der Waals surface area (Å²) in [5, 5.41) is 0.189. The van der Waals surface area contributed by atoms with Gasteiger partial charge in [0.1, 0.15) is 5.82 Å². The third kappa shape index (κ3) is 1.25. The third-order valence-corrected chi connectivity index (χ3v) is 3.60. The summed E-state index contributed by atoms with van der Waals surface area (Å²) in [6, 6.07) is 5.14. The van der Waals surface area contributed by atoms with Crippen LogP contribution in [-0.2, 0) is 5.41 Å². The van der Waals surface area contributed by atoms with Crippen molar-refractivity contribution in [3.05, 3.63) is 34.6 Å². The smallest absolute Gasteiger partial charge is 0.145 e. The highest BCUT2D eigenvalue weighted by Gasteiger charge is 2.52. The van der Waals surface area contributed by atoms with Crippen molar-refractivity contribution in [1.29, 1.82) is 0 Å². The molecule has 0 amide bonds.